The van der Waals surface area contributed by atoms with Gasteiger partial charge in [0, 0.05) is 12.3 Å². The highest BCUT2D eigenvalue weighted by Gasteiger charge is 2.51. The third-order valence-corrected chi connectivity index (χ3v) is 6.62. The summed E-state index contributed by atoms with van der Waals surface area (Å²) >= 11 is 0. The lowest BCUT2D eigenvalue weighted by atomic mass is 9.98. The van der Waals surface area contributed by atoms with Crippen molar-refractivity contribution in [3.8, 4) is 11.1 Å². The summed E-state index contributed by atoms with van der Waals surface area (Å²) in [5.41, 5.74) is 4.21. The highest BCUT2D eigenvalue weighted by molar-refractivity contribution is 5.90. The SMILES string of the molecule is CCCC[C@H](NC(=O)OCC1c2ccccc2-c2ccccc21)C(=O)N1CC(F)(F)C[C@H]1C(=O)O. The van der Waals surface area contributed by atoms with Crippen molar-refractivity contribution in [2.24, 2.45) is 0 Å². The molecule has 9 heteroatoms. The third-order valence-electron chi connectivity index (χ3n) is 6.62. The molecular formula is C26H28F2N2O5. The Kier molecular flexibility index (Phi) is 7.05. The maximum Gasteiger partial charge on any atom is 0.407 e. The molecule has 0 aromatic heterocycles. The minimum atomic E-state index is -3.29. The van der Waals surface area contributed by atoms with Gasteiger partial charge >= 0.3 is 12.1 Å². The lowest BCUT2D eigenvalue weighted by Gasteiger charge is -2.27. The summed E-state index contributed by atoms with van der Waals surface area (Å²) in [6.45, 7) is 0.935. The largest absolute Gasteiger partial charge is 0.480 e. The van der Waals surface area contributed by atoms with E-state index in [4.69, 9.17) is 4.74 Å². The number of carboxylic acid groups (broad SMARTS) is 1. The molecule has 2 atom stereocenters. The van der Waals surface area contributed by atoms with E-state index >= 15 is 0 Å². The molecule has 0 spiro atoms. The Morgan fingerprint density at radius 1 is 1.11 bits per heavy atom. The lowest BCUT2D eigenvalue weighted by Crippen LogP contribution is -2.52. The number of carbonyl (C=O) groups is 3. The number of unbranched alkanes of at least 4 members (excludes halogenated alkanes) is 1. The molecule has 2 N–H and O–H groups in total. The van der Waals surface area contributed by atoms with Crippen LogP contribution in [0.1, 0.15) is 49.7 Å². The Hall–Kier alpha value is -3.49. The molecule has 1 fully saturated rings. The topological polar surface area (TPSA) is 95.9 Å². The van der Waals surface area contributed by atoms with Crippen LogP contribution in [-0.2, 0) is 14.3 Å². The molecule has 1 heterocycles. The highest BCUT2D eigenvalue weighted by atomic mass is 19.3. The Balaban J connectivity index is 1.45. The fourth-order valence-electron chi connectivity index (χ4n) is 4.92. The van der Waals surface area contributed by atoms with Crippen LogP contribution in [0.15, 0.2) is 48.5 Å². The smallest absolute Gasteiger partial charge is 0.407 e. The molecule has 1 aliphatic carbocycles. The van der Waals surface area contributed by atoms with Gasteiger partial charge in [-0.15, -0.1) is 0 Å². The number of halogens is 2. The van der Waals surface area contributed by atoms with Crippen LogP contribution >= 0.6 is 0 Å². The zero-order chi connectivity index (χ0) is 25.2. The summed E-state index contributed by atoms with van der Waals surface area (Å²) in [6.07, 6.45) is -0.358. The first-order chi connectivity index (χ1) is 16.7. The predicted molar refractivity (Wildman–Crippen MR) is 124 cm³/mol. The molecule has 186 valence electrons. The summed E-state index contributed by atoms with van der Waals surface area (Å²) < 4.78 is 33.3. The van der Waals surface area contributed by atoms with E-state index in [1.54, 1.807) is 0 Å². The van der Waals surface area contributed by atoms with Gasteiger partial charge in [-0.05, 0) is 28.7 Å². The zero-order valence-corrected chi connectivity index (χ0v) is 19.4. The summed E-state index contributed by atoms with van der Waals surface area (Å²) in [5, 5.41) is 11.8. The number of amides is 2. The molecule has 4 rings (SSSR count). The van der Waals surface area contributed by atoms with E-state index in [9.17, 15) is 28.3 Å². The van der Waals surface area contributed by atoms with Crippen LogP contribution < -0.4 is 5.32 Å². The lowest BCUT2D eigenvalue weighted by molar-refractivity contribution is -0.149. The van der Waals surface area contributed by atoms with Crippen molar-refractivity contribution in [2.45, 2.75) is 56.5 Å². The highest BCUT2D eigenvalue weighted by Crippen LogP contribution is 2.44. The number of carbonyl (C=O) groups excluding carboxylic acids is 2. The van der Waals surface area contributed by atoms with Gasteiger partial charge in [0.25, 0.3) is 5.92 Å². The fourth-order valence-corrected chi connectivity index (χ4v) is 4.92. The van der Waals surface area contributed by atoms with Crippen molar-refractivity contribution in [1.82, 2.24) is 10.2 Å². The molecule has 0 saturated carbocycles. The number of hydrogen-bond acceptors (Lipinski definition) is 4. The van der Waals surface area contributed by atoms with Gasteiger partial charge < -0.3 is 20.1 Å². The van der Waals surface area contributed by atoms with Gasteiger partial charge in [0.05, 0.1) is 6.54 Å². The summed E-state index contributed by atoms with van der Waals surface area (Å²) in [5.74, 6) is -5.80. The van der Waals surface area contributed by atoms with E-state index in [1.165, 1.54) is 0 Å². The number of alkyl halides is 2. The number of nitrogens with zero attached hydrogens (tertiary/aromatic N) is 1. The van der Waals surface area contributed by atoms with Gasteiger partial charge in [0.15, 0.2) is 0 Å². The molecule has 1 saturated heterocycles. The number of aliphatic carboxylic acids is 1. The third kappa shape index (κ3) is 5.13. The van der Waals surface area contributed by atoms with Crippen molar-refractivity contribution in [2.75, 3.05) is 13.2 Å². The van der Waals surface area contributed by atoms with Crippen molar-refractivity contribution < 1.29 is 33.0 Å². The second kappa shape index (κ2) is 10.0. The Morgan fingerprint density at radius 2 is 1.71 bits per heavy atom. The average molecular weight is 487 g/mol. The Labute approximate surface area is 202 Å². The van der Waals surface area contributed by atoms with Gasteiger partial charge in [-0.2, -0.15) is 0 Å². The minimum Gasteiger partial charge on any atom is -0.480 e. The van der Waals surface area contributed by atoms with Gasteiger partial charge in [-0.1, -0.05) is 68.3 Å². The minimum absolute atomic E-state index is 0.0358. The number of nitrogens with one attached hydrogen (secondary N) is 1. The molecule has 1 aliphatic heterocycles. The molecule has 35 heavy (non-hydrogen) atoms. The van der Waals surface area contributed by atoms with Gasteiger partial charge in [0.1, 0.15) is 18.7 Å². The summed E-state index contributed by atoms with van der Waals surface area (Å²) in [6, 6.07) is 12.9. The molecule has 0 bridgehead atoms. The van der Waals surface area contributed by atoms with Gasteiger partial charge in [0.2, 0.25) is 5.91 Å². The molecule has 2 aromatic rings. The molecule has 0 unspecified atom stereocenters. The number of benzene rings is 2. The quantitative estimate of drug-likeness (QED) is 0.577. The van der Waals surface area contributed by atoms with E-state index in [0.717, 1.165) is 22.3 Å². The number of alkyl carbamates (subject to hydrolysis) is 1. The van der Waals surface area contributed by atoms with Crippen molar-refractivity contribution in [1.29, 1.82) is 0 Å². The first kappa shape index (κ1) is 24.6. The van der Waals surface area contributed by atoms with Crippen LogP contribution in [0.5, 0.6) is 0 Å². The van der Waals surface area contributed by atoms with Gasteiger partial charge in [-0.25, -0.2) is 18.4 Å². The number of carboxylic acids is 1. The van der Waals surface area contributed by atoms with E-state index in [0.29, 0.717) is 17.7 Å². The van der Waals surface area contributed by atoms with Gasteiger partial charge in [-0.3, -0.25) is 4.79 Å². The normalized spacial score (nSPS) is 19.1. The number of hydrogen-bond donors (Lipinski definition) is 2. The molecule has 2 aromatic carbocycles. The number of fused-ring (bicyclic) bond motifs is 3. The monoisotopic (exact) mass is 486 g/mol. The molecule has 2 aliphatic rings. The molecule has 0 radical (unpaired) electrons. The van der Waals surface area contributed by atoms with Crippen molar-refractivity contribution in [3.63, 3.8) is 0 Å². The number of likely N-dealkylation sites (tertiary alicyclic amines) is 1. The molecule has 7 nitrogen and oxygen atoms in total. The standard InChI is InChI=1S/C26H28F2N2O5/c1-2-3-12-21(23(31)30-15-26(27,28)13-22(30)24(32)33)29-25(34)35-14-20-18-10-6-4-8-16(18)17-9-5-7-11-19(17)20/h4-11,20-22H,2-3,12-15H2,1H3,(H,29,34)(H,32,33)/t21-,22-/m0/s1. The van der Waals surface area contributed by atoms with E-state index < -0.39 is 48.9 Å². The van der Waals surface area contributed by atoms with Crippen LogP contribution in [0.3, 0.4) is 0 Å². The van der Waals surface area contributed by atoms with E-state index in [1.807, 2.05) is 55.5 Å². The first-order valence-corrected chi connectivity index (χ1v) is 11.7. The summed E-state index contributed by atoms with van der Waals surface area (Å²) in [4.78, 5) is 37.9. The van der Waals surface area contributed by atoms with Crippen LogP contribution in [0.25, 0.3) is 11.1 Å². The van der Waals surface area contributed by atoms with E-state index in [2.05, 4.69) is 5.32 Å². The first-order valence-electron chi connectivity index (χ1n) is 11.7. The summed E-state index contributed by atoms with van der Waals surface area (Å²) in [7, 11) is 0. The van der Waals surface area contributed by atoms with Crippen LogP contribution in [0.4, 0.5) is 13.6 Å². The van der Waals surface area contributed by atoms with Crippen LogP contribution in [0.2, 0.25) is 0 Å². The van der Waals surface area contributed by atoms with E-state index in [-0.39, 0.29) is 18.9 Å². The molecule has 2 amide bonds. The fraction of sp³-hybridized carbons (Fsp3) is 0.423. The maximum absolute atomic E-state index is 13.9. The second-order valence-corrected chi connectivity index (χ2v) is 9.04. The second-order valence-electron chi connectivity index (χ2n) is 9.04. The Bertz CT molecular complexity index is 1080. The zero-order valence-electron chi connectivity index (χ0n) is 19.4. The predicted octanol–water partition coefficient (Wildman–Crippen LogP) is 4.40. The molecular weight excluding hydrogens is 458 g/mol. The van der Waals surface area contributed by atoms with Crippen molar-refractivity contribution in [3.05, 3.63) is 59.7 Å². The Morgan fingerprint density at radius 3 is 2.29 bits per heavy atom. The average Bonchev–Trinajstić information content (AvgIpc) is 3.34. The number of ether oxygens (including phenoxy) is 1. The maximum atomic E-state index is 13.9. The van der Waals surface area contributed by atoms with Crippen molar-refractivity contribution >= 4 is 18.0 Å². The van der Waals surface area contributed by atoms with Crippen LogP contribution in [-0.4, -0.2) is 59.1 Å². The van der Waals surface area contributed by atoms with Crippen LogP contribution in [0, 0.1) is 0 Å². The number of rotatable bonds is 8.